The fourth-order valence-electron chi connectivity index (χ4n) is 6.15. The van der Waals surface area contributed by atoms with Crippen molar-refractivity contribution in [1.29, 1.82) is 0 Å². The van der Waals surface area contributed by atoms with Gasteiger partial charge in [0.25, 0.3) is 0 Å². The van der Waals surface area contributed by atoms with Crippen molar-refractivity contribution in [1.82, 2.24) is 19.5 Å². The van der Waals surface area contributed by atoms with E-state index in [0.29, 0.717) is 17.5 Å². The lowest BCUT2D eigenvalue weighted by Gasteiger charge is -2.14. The van der Waals surface area contributed by atoms with E-state index in [1.807, 2.05) is 72.4 Å². The molecule has 1 aliphatic heterocycles. The van der Waals surface area contributed by atoms with Crippen LogP contribution in [0, 0.1) is 0 Å². The van der Waals surface area contributed by atoms with Gasteiger partial charge in [-0.15, -0.1) is 0 Å². The molecule has 0 unspecified atom stereocenters. The monoisotopic (exact) mass is 554 g/mol. The van der Waals surface area contributed by atoms with E-state index in [9.17, 15) is 0 Å². The van der Waals surface area contributed by atoms with Crippen molar-refractivity contribution in [3.63, 3.8) is 0 Å². The highest BCUT2D eigenvalue weighted by Gasteiger charge is 2.23. The molecule has 0 saturated carbocycles. The molecule has 0 atom stereocenters. The Balaban J connectivity index is 1.28. The summed E-state index contributed by atoms with van der Waals surface area (Å²) in [6, 6.07) is 46.5. The van der Waals surface area contributed by atoms with E-state index in [1.165, 1.54) is 42.4 Å². The number of benzene rings is 6. The van der Waals surface area contributed by atoms with Gasteiger partial charge in [0.05, 0.1) is 11.0 Å². The number of rotatable bonds is 4. The highest BCUT2D eigenvalue weighted by molar-refractivity contribution is 8.00. The number of aromatic nitrogens is 4. The molecule has 0 saturated heterocycles. The molecule has 196 valence electrons. The van der Waals surface area contributed by atoms with Gasteiger partial charge in [-0.05, 0) is 41.8 Å². The maximum atomic E-state index is 4.98. The SMILES string of the molecule is c1ccc(-c2nc(-c3ccccc3)nc(-c3cccc(-n4c5cccc6c5c5c7c(cccc7ccc54)S6)c3)n2)cc1. The highest BCUT2D eigenvalue weighted by Crippen LogP contribution is 2.49. The summed E-state index contributed by atoms with van der Waals surface area (Å²) in [5, 5.41) is 5.28. The van der Waals surface area contributed by atoms with Gasteiger partial charge < -0.3 is 4.57 Å². The zero-order valence-corrected chi connectivity index (χ0v) is 23.2. The normalized spacial score (nSPS) is 12.2. The molecule has 4 nitrogen and oxygen atoms in total. The van der Waals surface area contributed by atoms with Gasteiger partial charge in [0.15, 0.2) is 17.5 Å². The molecule has 2 aromatic heterocycles. The van der Waals surface area contributed by atoms with Crippen LogP contribution in [0.3, 0.4) is 0 Å². The fraction of sp³-hybridized carbons (Fsp3) is 0. The molecule has 9 rings (SSSR count). The first-order valence-corrected chi connectivity index (χ1v) is 14.8. The zero-order chi connectivity index (χ0) is 27.6. The smallest absolute Gasteiger partial charge is 0.164 e. The maximum Gasteiger partial charge on any atom is 0.164 e. The Bertz CT molecular complexity index is 2270. The Labute approximate surface area is 246 Å². The third-order valence-electron chi connectivity index (χ3n) is 8.00. The minimum absolute atomic E-state index is 0.652. The van der Waals surface area contributed by atoms with E-state index in [2.05, 4.69) is 77.4 Å². The molecule has 6 aromatic carbocycles. The van der Waals surface area contributed by atoms with Crippen molar-refractivity contribution in [2.24, 2.45) is 0 Å². The quantitative estimate of drug-likeness (QED) is 0.217. The molecular weight excluding hydrogens is 533 g/mol. The van der Waals surface area contributed by atoms with Crippen LogP contribution in [-0.4, -0.2) is 19.5 Å². The Morgan fingerprint density at radius 2 is 1.00 bits per heavy atom. The molecule has 0 radical (unpaired) electrons. The van der Waals surface area contributed by atoms with Gasteiger partial charge in [0, 0.05) is 48.3 Å². The second-order valence-corrected chi connectivity index (χ2v) is 11.6. The average molecular weight is 555 g/mol. The van der Waals surface area contributed by atoms with Crippen LogP contribution in [0.25, 0.3) is 72.4 Å². The Hall–Kier alpha value is -5.26. The van der Waals surface area contributed by atoms with Crippen LogP contribution >= 0.6 is 11.8 Å². The zero-order valence-electron chi connectivity index (χ0n) is 22.4. The summed E-state index contributed by atoms with van der Waals surface area (Å²) in [5.74, 6) is 1.97. The standard InChI is InChI=1S/C37H22N4S/c1-3-10-24(11-4-1)35-38-36(25-12-5-2-6-13-25)40-37(39-35)26-15-7-16-27(22-26)41-28-17-9-19-31-33(28)34-29(41)21-20-23-14-8-18-30(42-31)32(23)34/h1-22H. The van der Waals surface area contributed by atoms with Gasteiger partial charge in [0.2, 0.25) is 0 Å². The van der Waals surface area contributed by atoms with Crippen LogP contribution < -0.4 is 0 Å². The lowest BCUT2D eigenvalue weighted by molar-refractivity contribution is 1.07. The molecule has 42 heavy (non-hydrogen) atoms. The van der Waals surface area contributed by atoms with Gasteiger partial charge >= 0.3 is 0 Å². The molecule has 3 heterocycles. The summed E-state index contributed by atoms with van der Waals surface area (Å²) in [6.07, 6.45) is 0. The number of nitrogens with zero attached hydrogens (tertiary/aromatic N) is 4. The van der Waals surface area contributed by atoms with Crippen LogP contribution in [0.15, 0.2) is 143 Å². The van der Waals surface area contributed by atoms with Gasteiger partial charge in [-0.1, -0.05) is 109 Å². The minimum atomic E-state index is 0.652. The molecular formula is C37H22N4S. The summed E-state index contributed by atoms with van der Waals surface area (Å²) >= 11 is 1.87. The van der Waals surface area contributed by atoms with Crippen molar-refractivity contribution in [2.45, 2.75) is 9.79 Å². The van der Waals surface area contributed by atoms with Crippen molar-refractivity contribution >= 4 is 44.3 Å². The molecule has 5 heteroatoms. The van der Waals surface area contributed by atoms with Gasteiger partial charge in [0.1, 0.15) is 0 Å². The summed E-state index contributed by atoms with van der Waals surface area (Å²) in [7, 11) is 0. The molecule has 8 aromatic rings. The number of hydrogen-bond donors (Lipinski definition) is 0. The van der Waals surface area contributed by atoms with Gasteiger partial charge in [-0.2, -0.15) is 0 Å². The van der Waals surface area contributed by atoms with Gasteiger partial charge in [-0.3, -0.25) is 0 Å². The second-order valence-electron chi connectivity index (χ2n) is 10.5. The van der Waals surface area contributed by atoms with E-state index < -0.39 is 0 Å². The highest BCUT2D eigenvalue weighted by atomic mass is 32.2. The molecule has 0 bridgehead atoms. The topological polar surface area (TPSA) is 43.6 Å². The largest absolute Gasteiger partial charge is 0.309 e. The molecule has 1 aliphatic rings. The second kappa shape index (κ2) is 9.13. The molecule has 0 aliphatic carbocycles. The fourth-order valence-corrected chi connectivity index (χ4v) is 7.31. The summed E-state index contributed by atoms with van der Waals surface area (Å²) in [5.41, 5.74) is 6.36. The van der Waals surface area contributed by atoms with E-state index >= 15 is 0 Å². The Morgan fingerprint density at radius 1 is 0.429 bits per heavy atom. The van der Waals surface area contributed by atoms with Crippen molar-refractivity contribution < 1.29 is 0 Å². The Morgan fingerprint density at radius 3 is 1.71 bits per heavy atom. The first-order valence-electron chi connectivity index (χ1n) is 14.0. The maximum absolute atomic E-state index is 4.98. The lowest BCUT2D eigenvalue weighted by atomic mass is 10.0. The first kappa shape index (κ1) is 23.4. The van der Waals surface area contributed by atoms with E-state index in [1.54, 1.807) is 0 Å². The Kier molecular flexibility index (Phi) is 5.10. The predicted molar refractivity (Wildman–Crippen MR) is 172 cm³/mol. The van der Waals surface area contributed by atoms with Crippen LogP contribution in [-0.2, 0) is 0 Å². The predicted octanol–water partition coefficient (Wildman–Crippen LogP) is 9.59. The van der Waals surface area contributed by atoms with E-state index in [-0.39, 0.29) is 0 Å². The van der Waals surface area contributed by atoms with E-state index in [4.69, 9.17) is 15.0 Å². The van der Waals surface area contributed by atoms with Gasteiger partial charge in [-0.25, -0.2) is 15.0 Å². The van der Waals surface area contributed by atoms with Crippen LogP contribution in [0.2, 0.25) is 0 Å². The average Bonchev–Trinajstić information content (AvgIpc) is 3.41. The third kappa shape index (κ3) is 3.54. The summed E-state index contributed by atoms with van der Waals surface area (Å²) < 4.78 is 2.39. The van der Waals surface area contributed by atoms with Crippen LogP contribution in [0.4, 0.5) is 0 Å². The minimum Gasteiger partial charge on any atom is -0.309 e. The molecule has 0 N–H and O–H groups in total. The third-order valence-corrected chi connectivity index (χ3v) is 9.12. The van der Waals surface area contributed by atoms with Crippen LogP contribution in [0.5, 0.6) is 0 Å². The van der Waals surface area contributed by atoms with Crippen molar-refractivity contribution in [3.8, 4) is 39.9 Å². The lowest BCUT2D eigenvalue weighted by Crippen LogP contribution is -2.01. The van der Waals surface area contributed by atoms with E-state index in [0.717, 1.165) is 22.4 Å². The summed E-state index contributed by atoms with van der Waals surface area (Å²) in [4.78, 5) is 17.4. The summed E-state index contributed by atoms with van der Waals surface area (Å²) in [6.45, 7) is 0. The molecule has 0 spiro atoms. The molecule has 0 amide bonds. The van der Waals surface area contributed by atoms with Crippen molar-refractivity contribution in [2.75, 3.05) is 0 Å². The van der Waals surface area contributed by atoms with Crippen LogP contribution in [0.1, 0.15) is 0 Å². The molecule has 0 fully saturated rings. The first-order chi connectivity index (χ1) is 20.8. The van der Waals surface area contributed by atoms with Crippen molar-refractivity contribution in [3.05, 3.63) is 133 Å². The number of hydrogen-bond acceptors (Lipinski definition) is 4.